The average Bonchev–Trinajstić information content (AvgIpc) is 3.26. The van der Waals surface area contributed by atoms with E-state index in [1.165, 1.54) is 18.5 Å². The highest BCUT2D eigenvalue weighted by Crippen LogP contribution is 2.28. The second-order valence-corrected chi connectivity index (χ2v) is 8.13. The summed E-state index contributed by atoms with van der Waals surface area (Å²) in [5, 5.41) is 12.2. The van der Waals surface area contributed by atoms with Crippen molar-refractivity contribution >= 4 is 11.5 Å². The maximum Gasteiger partial charge on any atom is 0.140 e. The lowest BCUT2D eigenvalue weighted by Crippen LogP contribution is -2.32. The molecule has 4 heterocycles. The van der Waals surface area contributed by atoms with E-state index in [0.717, 1.165) is 61.9 Å². The van der Waals surface area contributed by atoms with Crippen LogP contribution in [0.5, 0.6) is 0 Å². The molecule has 0 spiro atoms. The molecule has 31 heavy (non-hydrogen) atoms. The molecule has 3 aromatic heterocycles. The van der Waals surface area contributed by atoms with Crippen LogP contribution >= 0.6 is 0 Å². The molecular weight excluding hydrogens is 386 g/mol. The molecule has 7 heteroatoms. The van der Waals surface area contributed by atoms with Crippen LogP contribution < -0.4 is 5.32 Å². The number of nitriles is 1. The average molecular weight is 416 g/mol. The van der Waals surface area contributed by atoms with E-state index in [0.29, 0.717) is 11.6 Å². The molecule has 0 aromatic carbocycles. The minimum absolute atomic E-state index is 0.409. The van der Waals surface area contributed by atoms with Gasteiger partial charge in [-0.3, -0.25) is 4.90 Å². The molecule has 1 fully saturated rings. The van der Waals surface area contributed by atoms with Gasteiger partial charge < -0.3 is 10.3 Å². The Balaban J connectivity index is 1.30. The SMILES string of the molecule is CCCCc1ncc(CN2CCC(c3cccc(Nc4ccc(C#N)nc4)n3)CC2)[nH]1. The molecular formula is C24H29N7. The minimum atomic E-state index is 0.409. The van der Waals surface area contributed by atoms with Crippen LogP contribution in [0.2, 0.25) is 0 Å². The van der Waals surface area contributed by atoms with Crippen LogP contribution in [0.4, 0.5) is 11.5 Å². The molecule has 3 aromatic rings. The lowest BCUT2D eigenvalue weighted by atomic mass is 9.93. The number of H-pyrrole nitrogens is 1. The van der Waals surface area contributed by atoms with Crippen molar-refractivity contribution in [3.05, 3.63) is 65.6 Å². The van der Waals surface area contributed by atoms with Gasteiger partial charge in [0.25, 0.3) is 0 Å². The molecule has 0 bridgehead atoms. The molecule has 4 rings (SSSR count). The van der Waals surface area contributed by atoms with Gasteiger partial charge in [0.2, 0.25) is 0 Å². The van der Waals surface area contributed by atoms with E-state index in [1.807, 2.05) is 24.4 Å². The minimum Gasteiger partial charge on any atom is -0.345 e. The van der Waals surface area contributed by atoms with Gasteiger partial charge in [-0.15, -0.1) is 0 Å². The highest BCUT2D eigenvalue weighted by Gasteiger charge is 2.22. The summed E-state index contributed by atoms with van der Waals surface area (Å²) in [6.07, 6.45) is 9.27. The fourth-order valence-electron chi connectivity index (χ4n) is 4.02. The van der Waals surface area contributed by atoms with Crippen LogP contribution in [0.3, 0.4) is 0 Å². The molecule has 7 nitrogen and oxygen atoms in total. The van der Waals surface area contributed by atoms with Crippen LogP contribution in [0.1, 0.15) is 61.4 Å². The summed E-state index contributed by atoms with van der Waals surface area (Å²) in [4.78, 5) is 19.4. The number of hydrogen-bond acceptors (Lipinski definition) is 6. The summed E-state index contributed by atoms with van der Waals surface area (Å²) in [6.45, 7) is 5.27. The first-order valence-electron chi connectivity index (χ1n) is 11.1. The van der Waals surface area contributed by atoms with Gasteiger partial charge in [0.1, 0.15) is 23.4 Å². The van der Waals surface area contributed by atoms with E-state index >= 15 is 0 Å². The zero-order chi connectivity index (χ0) is 21.5. The Kier molecular flexibility index (Phi) is 6.90. The maximum absolute atomic E-state index is 8.88. The van der Waals surface area contributed by atoms with E-state index in [4.69, 9.17) is 10.2 Å². The van der Waals surface area contributed by atoms with E-state index in [9.17, 15) is 0 Å². The third-order valence-electron chi connectivity index (χ3n) is 5.77. The van der Waals surface area contributed by atoms with Gasteiger partial charge in [0.05, 0.1) is 11.9 Å². The summed E-state index contributed by atoms with van der Waals surface area (Å²) in [5.74, 6) is 2.39. The van der Waals surface area contributed by atoms with Gasteiger partial charge in [-0.2, -0.15) is 5.26 Å². The van der Waals surface area contributed by atoms with E-state index in [2.05, 4.69) is 44.2 Å². The second kappa shape index (κ2) is 10.2. The fraction of sp³-hybridized carbons (Fsp3) is 0.417. The predicted molar refractivity (Wildman–Crippen MR) is 121 cm³/mol. The molecule has 1 saturated heterocycles. The highest BCUT2D eigenvalue weighted by atomic mass is 15.1. The Morgan fingerprint density at radius 1 is 1.16 bits per heavy atom. The van der Waals surface area contributed by atoms with Crippen molar-refractivity contribution < 1.29 is 0 Å². The molecule has 0 amide bonds. The number of likely N-dealkylation sites (tertiary alicyclic amines) is 1. The number of nitrogens with one attached hydrogen (secondary N) is 2. The van der Waals surface area contributed by atoms with E-state index in [-0.39, 0.29) is 0 Å². The Morgan fingerprint density at radius 3 is 2.77 bits per heavy atom. The van der Waals surface area contributed by atoms with Crippen molar-refractivity contribution in [1.29, 1.82) is 5.26 Å². The number of hydrogen-bond donors (Lipinski definition) is 2. The molecule has 0 unspecified atom stereocenters. The van der Waals surface area contributed by atoms with E-state index in [1.54, 1.807) is 12.3 Å². The first kappa shape index (κ1) is 21.0. The van der Waals surface area contributed by atoms with Crippen molar-refractivity contribution in [1.82, 2.24) is 24.8 Å². The van der Waals surface area contributed by atoms with Crippen molar-refractivity contribution in [2.45, 2.75) is 51.5 Å². The standard InChI is InChI=1S/C24H29N7/c1-2-3-6-23-27-16-21(29-23)17-31-12-10-18(11-13-31)22-5-4-7-24(30-22)28-20-9-8-19(14-25)26-15-20/h4-5,7-9,15-16,18H,2-3,6,10-13,17H2,1H3,(H,27,29)(H,28,30). The normalized spacial score (nSPS) is 15.0. The smallest absolute Gasteiger partial charge is 0.140 e. The van der Waals surface area contributed by atoms with Gasteiger partial charge in [0.15, 0.2) is 0 Å². The van der Waals surface area contributed by atoms with Gasteiger partial charge >= 0.3 is 0 Å². The number of aromatic nitrogens is 4. The highest BCUT2D eigenvalue weighted by molar-refractivity contribution is 5.55. The van der Waals surface area contributed by atoms with Crippen LogP contribution in [-0.4, -0.2) is 37.9 Å². The Hall–Kier alpha value is -3.24. The van der Waals surface area contributed by atoms with Gasteiger partial charge in [-0.05, 0) is 56.6 Å². The predicted octanol–water partition coefficient (Wildman–Crippen LogP) is 4.54. The van der Waals surface area contributed by atoms with E-state index < -0.39 is 0 Å². The molecule has 0 atom stereocenters. The van der Waals surface area contributed by atoms with Crippen molar-refractivity contribution in [2.24, 2.45) is 0 Å². The Bertz CT molecular complexity index is 1010. The summed E-state index contributed by atoms with van der Waals surface area (Å²) in [5.41, 5.74) is 3.59. The zero-order valence-corrected chi connectivity index (χ0v) is 18.0. The van der Waals surface area contributed by atoms with Crippen LogP contribution in [0.25, 0.3) is 0 Å². The zero-order valence-electron chi connectivity index (χ0n) is 18.0. The number of anilines is 2. The third-order valence-corrected chi connectivity index (χ3v) is 5.77. The summed E-state index contributed by atoms with van der Waals surface area (Å²) in [7, 11) is 0. The topological polar surface area (TPSA) is 93.5 Å². The molecule has 0 saturated carbocycles. The first-order chi connectivity index (χ1) is 15.2. The van der Waals surface area contributed by atoms with Crippen LogP contribution in [-0.2, 0) is 13.0 Å². The molecule has 1 aliphatic rings. The molecule has 0 radical (unpaired) electrons. The van der Waals surface area contributed by atoms with Gasteiger partial charge in [-0.1, -0.05) is 19.4 Å². The summed E-state index contributed by atoms with van der Waals surface area (Å²) in [6, 6.07) is 11.7. The Morgan fingerprint density at radius 2 is 2.03 bits per heavy atom. The molecule has 1 aliphatic heterocycles. The largest absolute Gasteiger partial charge is 0.345 e. The van der Waals surface area contributed by atoms with Gasteiger partial charge in [0, 0.05) is 36.5 Å². The van der Waals surface area contributed by atoms with Crippen LogP contribution in [0, 0.1) is 11.3 Å². The molecule has 0 aliphatic carbocycles. The van der Waals surface area contributed by atoms with Crippen molar-refractivity contribution in [2.75, 3.05) is 18.4 Å². The maximum atomic E-state index is 8.88. The van der Waals surface area contributed by atoms with Gasteiger partial charge in [-0.25, -0.2) is 15.0 Å². The number of imidazole rings is 1. The van der Waals surface area contributed by atoms with Crippen LogP contribution in [0.15, 0.2) is 42.7 Å². The second-order valence-electron chi connectivity index (χ2n) is 8.13. The summed E-state index contributed by atoms with van der Waals surface area (Å²) < 4.78 is 0. The number of piperidine rings is 1. The van der Waals surface area contributed by atoms with Crippen molar-refractivity contribution in [3.8, 4) is 6.07 Å². The number of aromatic amines is 1. The number of pyridine rings is 2. The Labute approximate surface area is 183 Å². The number of unbranched alkanes of at least 4 members (excludes halogenated alkanes) is 1. The van der Waals surface area contributed by atoms with Crippen molar-refractivity contribution in [3.63, 3.8) is 0 Å². The number of rotatable bonds is 8. The number of aryl methyl sites for hydroxylation is 1. The lowest BCUT2D eigenvalue weighted by Gasteiger charge is -2.31. The fourth-order valence-corrected chi connectivity index (χ4v) is 4.02. The molecule has 160 valence electrons. The number of nitrogens with zero attached hydrogens (tertiary/aromatic N) is 5. The third kappa shape index (κ3) is 5.68. The lowest BCUT2D eigenvalue weighted by molar-refractivity contribution is 0.201. The summed E-state index contributed by atoms with van der Waals surface area (Å²) >= 11 is 0. The molecule has 2 N–H and O–H groups in total. The monoisotopic (exact) mass is 415 g/mol. The quantitative estimate of drug-likeness (QED) is 0.561. The first-order valence-corrected chi connectivity index (χ1v) is 11.1.